The Hall–Kier alpha value is -2.94. The Balaban J connectivity index is 1.73. The van der Waals surface area contributed by atoms with Gasteiger partial charge in [0.2, 0.25) is 10.0 Å². The van der Waals surface area contributed by atoms with E-state index in [-0.39, 0.29) is 13.1 Å². The first-order valence-corrected chi connectivity index (χ1v) is 10.4. The van der Waals surface area contributed by atoms with Crippen molar-refractivity contribution in [3.8, 4) is 17.2 Å². The quantitative estimate of drug-likeness (QED) is 0.782. The predicted octanol–water partition coefficient (Wildman–Crippen LogP) is 1.55. The zero-order valence-corrected chi connectivity index (χ0v) is 16.7. The van der Waals surface area contributed by atoms with Crippen LogP contribution in [0.15, 0.2) is 42.5 Å². The lowest BCUT2D eigenvalue weighted by atomic mass is 10.2. The summed E-state index contributed by atoms with van der Waals surface area (Å²) >= 11 is 0. The summed E-state index contributed by atoms with van der Waals surface area (Å²) in [7, 11) is -0.465. The van der Waals surface area contributed by atoms with Crippen LogP contribution in [0.25, 0.3) is 0 Å². The number of methoxy groups -OCH3 is 2. The van der Waals surface area contributed by atoms with E-state index in [0.717, 1.165) is 11.8 Å². The normalized spacial score (nSPS) is 16.0. The van der Waals surface area contributed by atoms with Gasteiger partial charge in [-0.3, -0.25) is 9.10 Å². The third-order valence-corrected chi connectivity index (χ3v) is 5.49. The molecule has 2 aromatic rings. The van der Waals surface area contributed by atoms with Crippen LogP contribution in [0.4, 0.5) is 5.69 Å². The minimum Gasteiger partial charge on any atom is -0.493 e. The van der Waals surface area contributed by atoms with Gasteiger partial charge in [0.15, 0.2) is 17.6 Å². The number of nitrogens with one attached hydrogen (secondary N) is 1. The van der Waals surface area contributed by atoms with Crippen molar-refractivity contribution in [2.24, 2.45) is 0 Å². The van der Waals surface area contributed by atoms with Gasteiger partial charge >= 0.3 is 0 Å². The highest BCUT2D eigenvalue weighted by Gasteiger charge is 2.34. The van der Waals surface area contributed by atoms with E-state index >= 15 is 0 Å². The van der Waals surface area contributed by atoms with Crippen LogP contribution < -0.4 is 23.8 Å². The highest BCUT2D eigenvalue weighted by molar-refractivity contribution is 7.92. The van der Waals surface area contributed by atoms with Crippen molar-refractivity contribution in [1.29, 1.82) is 0 Å². The molecule has 1 heterocycles. The Bertz CT molecular complexity index is 976. The summed E-state index contributed by atoms with van der Waals surface area (Å²) in [5, 5.41) is 2.78. The van der Waals surface area contributed by atoms with Crippen molar-refractivity contribution in [3.05, 3.63) is 48.0 Å². The van der Waals surface area contributed by atoms with Crippen molar-refractivity contribution >= 4 is 21.6 Å². The van der Waals surface area contributed by atoms with Crippen LogP contribution in [0.5, 0.6) is 17.2 Å². The first kappa shape index (κ1) is 19.8. The maximum atomic E-state index is 12.6. The summed E-state index contributed by atoms with van der Waals surface area (Å²) in [5.74, 6) is 1.09. The Morgan fingerprint density at radius 1 is 1.18 bits per heavy atom. The van der Waals surface area contributed by atoms with Crippen molar-refractivity contribution in [1.82, 2.24) is 5.32 Å². The highest BCUT2D eigenvalue weighted by atomic mass is 32.2. The van der Waals surface area contributed by atoms with E-state index < -0.39 is 22.0 Å². The fourth-order valence-corrected chi connectivity index (χ4v) is 3.86. The molecule has 0 aliphatic carbocycles. The summed E-state index contributed by atoms with van der Waals surface area (Å²) in [4.78, 5) is 12.6. The van der Waals surface area contributed by atoms with Crippen LogP contribution in [0, 0.1) is 0 Å². The topological polar surface area (TPSA) is 94.2 Å². The second-order valence-electron chi connectivity index (χ2n) is 6.28. The number of amides is 1. The lowest BCUT2D eigenvalue weighted by Crippen LogP contribution is -2.50. The van der Waals surface area contributed by atoms with Gasteiger partial charge in [0.1, 0.15) is 5.75 Å². The van der Waals surface area contributed by atoms with Gasteiger partial charge in [-0.05, 0) is 29.8 Å². The summed E-state index contributed by atoms with van der Waals surface area (Å²) < 4.78 is 41.6. The standard InChI is InChI=1S/C19H22N2O6S/c1-25-16-9-8-13(10-17(16)26-2)11-20-19(22)18-12-21(28(3,23)24)14-6-4-5-7-15(14)27-18/h4-10,18H,11-12H2,1-3H3,(H,20,22)/t18-/m1/s1. The summed E-state index contributed by atoms with van der Waals surface area (Å²) in [6.45, 7) is 0.146. The average Bonchev–Trinajstić information content (AvgIpc) is 2.70. The molecule has 150 valence electrons. The Morgan fingerprint density at radius 2 is 1.89 bits per heavy atom. The number of anilines is 1. The molecule has 0 unspecified atom stereocenters. The Kier molecular flexibility index (Phi) is 5.64. The van der Waals surface area contributed by atoms with Crippen LogP contribution in [0.2, 0.25) is 0 Å². The maximum absolute atomic E-state index is 12.6. The number of ether oxygens (including phenoxy) is 3. The molecular weight excluding hydrogens is 384 g/mol. The first-order chi connectivity index (χ1) is 13.3. The molecule has 0 aromatic heterocycles. The number of sulfonamides is 1. The van der Waals surface area contributed by atoms with Gasteiger partial charge < -0.3 is 19.5 Å². The monoisotopic (exact) mass is 406 g/mol. The van der Waals surface area contributed by atoms with Crippen molar-refractivity contribution in [3.63, 3.8) is 0 Å². The number of rotatable bonds is 6. The smallest absolute Gasteiger partial charge is 0.263 e. The van der Waals surface area contributed by atoms with E-state index in [0.29, 0.717) is 22.9 Å². The third-order valence-electron chi connectivity index (χ3n) is 4.34. The summed E-state index contributed by atoms with van der Waals surface area (Å²) in [6.07, 6.45) is 0.151. The number of carbonyl (C=O) groups is 1. The molecule has 1 atom stereocenters. The summed E-state index contributed by atoms with van der Waals surface area (Å²) in [6, 6.07) is 12.1. The van der Waals surface area contributed by atoms with Gasteiger partial charge in [-0.25, -0.2) is 8.42 Å². The number of hydrogen-bond donors (Lipinski definition) is 1. The molecule has 1 amide bonds. The number of carbonyl (C=O) groups excluding carboxylic acids is 1. The molecule has 0 bridgehead atoms. The third kappa shape index (κ3) is 4.14. The van der Waals surface area contributed by atoms with Crippen LogP contribution in [-0.2, 0) is 21.4 Å². The Morgan fingerprint density at radius 3 is 2.57 bits per heavy atom. The van der Waals surface area contributed by atoms with Gasteiger partial charge in [0, 0.05) is 6.54 Å². The number of hydrogen-bond acceptors (Lipinski definition) is 6. The van der Waals surface area contributed by atoms with Crippen LogP contribution in [0.1, 0.15) is 5.56 Å². The largest absolute Gasteiger partial charge is 0.493 e. The van der Waals surface area contributed by atoms with Gasteiger partial charge in [-0.2, -0.15) is 0 Å². The number of nitrogens with zero attached hydrogens (tertiary/aromatic N) is 1. The summed E-state index contributed by atoms with van der Waals surface area (Å²) in [5.41, 5.74) is 1.23. The van der Waals surface area contributed by atoms with Crippen LogP contribution in [0.3, 0.4) is 0 Å². The molecule has 8 nitrogen and oxygen atoms in total. The van der Waals surface area contributed by atoms with Gasteiger partial charge in [-0.1, -0.05) is 18.2 Å². The SMILES string of the molecule is COc1ccc(CNC(=O)[C@H]2CN(S(C)(=O)=O)c3ccccc3O2)cc1OC. The van der Waals surface area contributed by atoms with Gasteiger partial charge in [0.05, 0.1) is 32.7 Å². The van der Waals surface area contributed by atoms with E-state index in [2.05, 4.69) is 5.32 Å². The fraction of sp³-hybridized carbons (Fsp3) is 0.316. The molecule has 0 spiro atoms. The van der Waals surface area contributed by atoms with Crippen LogP contribution >= 0.6 is 0 Å². The molecule has 0 fully saturated rings. The molecule has 0 saturated heterocycles. The predicted molar refractivity (Wildman–Crippen MR) is 104 cm³/mol. The minimum atomic E-state index is -3.55. The van der Waals surface area contributed by atoms with Crippen molar-refractivity contribution < 1.29 is 27.4 Å². The van der Waals surface area contributed by atoms with E-state index in [4.69, 9.17) is 14.2 Å². The van der Waals surface area contributed by atoms with Crippen molar-refractivity contribution in [2.45, 2.75) is 12.6 Å². The first-order valence-electron chi connectivity index (χ1n) is 8.55. The second kappa shape index (κ2) is 7.97. The average molecular weight is 406 g/mol. The lowest BCUT2D eigenvalue weighted by molar-refractivity contribution is -0.127. The van der Waals surface area contributed by atoms with E-state index in [1.54, 1.807) is 43.5 Å². The molecular formula is C19H22N2O6S. The molecule has 0 saturated carbocycles. The molecule has 28 heavy (non-hydrogen) atoms. The van der Waals surface area contributed by atoms with E-state index in [9.17, 15) is 13.2 Å². The van der Waals surface area contributed by atoms with Crippen molar-refractivity contribution in [2.75, 3.05) is 31.3 Å². The molecule has 1 aliphatic heterocycles. The fourth-order valence-electron chi connectivity index (χ4n) is 2.95. The number of para-hydroxylation sites is 2. The molecule has 2 aromatic carbocycles. The Labute approximate surface area is 164 Å². The number of fused-ring (bicyclic) bond motifs is 1. The molecule has 1 aliphatic rings. The lowest BCUT2D eigenvalue weighted by Gasteiger charge is -2.33. The second-order valence-corrected chi connectivity index (χ2v) is 8.18. The number of benzene rings is 2. The van der Waals surface area contributed by atoms with Crippen LogP contribution in [-0.4, -0.2) is 47.4 Å². The molecule has 1 N–H and O–H groups in total. The zero-order chi connectivity index (χ0) is 20.3. The molecule has 0 radical (unpaired) electrons. The minimum absolute atomic E-state index is 0.0897. The van der Waals surface area contributed by atoms with Gasteiger partial charge in [-0.15, -0.1) is 0 Å². The molecule has 3 rings (SSSR count). The maximum Gasteiger partial charge on any atom is 0.263 e. The van der Waals surface area contributed by atoms with E-state index in [1.807, 2.05) is 6.07 Å². The van der Waals surface area contributed by atoms with Gasteiger partial charge in [0.25, 0.3) is 5.91 Å². The highest BCUT2D eigenvalue weighted by Crippen LogP contribution is 2.34. The zero-order valence-electron chi connectivity index (χ0n) is 15.8. The molecule has 9 heteroatoms. The van der Waals surface area contributed by atoms with E-state index in [1.165, 1.54) is 11.4 Å².